The van der Waals surface area contributed by atoms with Gasteiger partial charge in [0.2, 0.25) is 0 Å². The summed E-state index contributed by atoms with van der Waals surface area (Å²) in [5.74, 6) is 0.323. The van der Waals surface area contributed by atoms with Crippen molar-refractivity contribution in [1.29, 1.82) is 0 Å². The van der Waals surface area contributed by atoms with Crippen molar-refractivity contribution < 1.29 is 5.11 Å². The highest BCUT2D eigenvalue weighted by molar-refractivity contribution is 9.10. The molecule has 1 heterocycles. The zero-order valence-corrected chi connectivity index (χ0v) is 13.5. The standard InChI is InChI=1S/C15H18BrNOS/c1-15(2,13-7-4-8-19-13)10-17-9-11-5-3-6-12(16)14(11)18/h3-8,17-18H,9-10H2,1-2H3. The van der Waals surface area contributed by atoms with Gasteiger partial charge in [0.1, 0.15) is 5.75 Å². The zero-order chi connectivity index (χ0) is 13.9. The molecule has 0 radical (unpaired) electrons. The van der Waals surface area contributed by atoms with Crippen molar-refractivity contribution in [3.8, 4) is 5.75 Å². The molecule has 4 heteroatoms. The van der Waals surface area contributed by atoms with E-state index in [1.54, 1.807) is 11.3 Å². The van der Waals surface area contributed by atoms with E-state index in [0.29, 0.717) is 12.3 Å². The molecule has 0 aliphatic rings. The molecule has 2 nitrogen and oxygen atoms in total. The fourth-order valence-corrected chi connectivity index (χ4v) is 3.22. The maximum Gasteiger partial charge on any atom is 0.134 e. The first kappa shape index (κ1) is 14.6. The number of para-hydroxylation sites is 1. The lowest BCUT2D eigenvalue weighted by Gasteiger charge is -2.24. The number of halogens is 1. The van der Waals surface area contributed by atoms with Gasteiger partial charge in [-0.05, 0) is 33.4 Å². The van der Waals surface area contributed by atoms with Crippen LogP contribution in [-0.2, 0) is 12.0 Å². The van der Waals surface area contributed by atoms with Gasteiger partial charge in [-0.25, -0.2) is 0 Å². The first-order chi connectivity index (χ1) is 9.00. The number of hydrogen-bond donors (Lipinski definition) is 2. The molecule has 1 aromatic heterocycles. The lowest BCUT2D eigenvalue weighted by Crippen LogP contribution is -2.31. The SMILES string of the molecule is CC(C)(CNCc1cccc(Br)c1O)c1cccs1. The summed E-state index contributed by atoms with van der Waals surface area (Å²) < 4.78 is 0.740. The van der Waals surface area contributed by atoms with E-state index in [0.717, 1.165) is 16.6 Å². The minimum Gasteiger partial charge on any atom is -0.506 e. The number of rotatable bonds is 5. The Morgan fingerprint density at radius 3 is 2.74 bits per heavy atom. The third-order valence-corrected chi connectivity index (χ3v) is 5.02. The number of phenols is 1. The molecule has 1 aromatic carbocycles. The van der Waals surface area contributed by atoms with Crippen molar-refractivity contribution in [2.75, 3.05) is 6.54 Å². The van der Waals surface area contributed by atoms with E-state index in [1.807, 2.05) is 18.2 Å². The number of nitrogens with one attached hydrogen (secondary N) is 1. The van der Waals surface area contributed by atoms with Gasteiger partial charge in [-0.15, -0.1) is 11.3 Å². The number of thiophene rings is 1. The van der Waals surface area contributed by atoms with Crippen molar-refractivity contribution >= 4 is 27.3 Å². The number of phenolic OH excluding ortho intramolecular Hbond substituents is 1. The highest BCUT2D eigenvalue weighted by Gasteiger charge is 2.21. The van der Waals surface area contributed by atoms with E-state index in [4.69, 9.17) is 0 Å². The van der Waals surface area contributed by atoms with Crippen LogP contribution in [0, 0.1) is 0 Å². The fourth-order valence-electron chi connectivity index (χ4n) is 1.96. The third-order valence-electron chi connectivity index (χ3n) is 3.14. The molecule has 2 aromatic rings. The normalized spacial score (nSPS) is 11.7. The van der Waals surface area contributed by atoms with Crippen LogP contribution in [0.4, 0.5) is 0 Å². The third kappa shape index (κ3) is 3.59. The maximum absolute atomic E-state index is 9.93. The van der Waals surface area contributed by atoms with E-state index in [1.165, 1.54) is 4.88 Å². The monoisotopic (exact) mass is 339 g/mol. The van der Waals surface area contributed by atoms with Crippen LogP contribution in [0.1, 0.15) is 24.3 Å². The van der Waals surface area contributed by atoms with Crippen LogP contribution in [0.15, 0.2) is 40.2 Å². The molecule has 0 unspecified atom stereocenters. The summed E-state index contributed by atoms with van der Waals surface area (Å²) in [5, 5.41) is 15.5. The van der Waals surface area contributed by atoms with Crippen molar-refractivity contribution in [3.63, 3.8) is 0 Å². The molecule has 102 valence electrons. The predicted molar refractivity (Wildman–Crippen MR) is 84.9 cm³/mol. The zero-order valence-electron chi connectivity index (χ0n) is 11.1. The van der Waals surface area contributed by atoms with Gasteiger partial charge in [-0.3, -0.25) is 0 Å². The Hall–Kier alpha value is -0.840. The summed E-state index contributed by atoms with van der Waals surface area (Å²) in [5.41, 5.74) is 1.02. The molecule has 0 aliphatic carbocycles. The summed E-state index contributed by atoms with van der Waals surface area (Å²) in [6.45, 7) is 6.00. The molecule has 0 saturated heterocycles. The molecule has 0 bridgehead atoms. The van der Waals surface area contributed by atoms with Gasteiger partial charge in [0, 0.05) is 28.9 Å². The second kappa shape index (κ2) is 6.07. The van der Waals surface area contributed by atoms with Crippen LogP contribution in [0.25, 0.3) is 0 Å². The van der Waals surface area contributed by atoms with Crippen molar-refractivity contribution in [2.45, 2.75) is 25.8 Å². The van der Waals surface area contributed by atoms with Crippen LogP contribution < -0.4 is 5.32 Å². The van der Waals surface area contributed by atoms with E-state index in [9.17, 15) is 5.11 Å². The van der Waals surface area contributed by atoms with Crippen LogP contribution in [0.2, 0.25) is 0 Å². The quantitative estimate of drug-likeness (QED) is 0.851. The van der Waals surface area contributed by atoms with E-state index >= 15 is 0 Å². The lowest BCUT2D eigenvalue weighted by molar-refractivity contribution is 0.447. The summed E-state index contributed by atoms with van der Waals surface area (Å²) in [6.07, 6.45) is 0. The van der Waals surface area contributed by atoms with E-state index in [2.05, 4.69) is 52.6 Å². The highest BCUT2D eigenvalue weighted by Crippen LogP contribution is 2.29. The minimum absolute atomic E-state index is 0.107. The first-order valence-corrected chi connectivity index (χ1v) is 7.89. The van der Waals surface area contributed by atoms with Gasteiger partial charge in [0.15, 0.2) is 0 Å². The predicted octanol–water partition coefficient (Wildman–Crippen LogP) is 4.28. The molecule has 0 spiro atoms. The Balaban J connectivity index is 1.95. The molecule has 19 heavy (non-hydrogen) atoms. The molecular formula is C15H18BrNOS. The molecule has 0 saturated carbocycles. The average Bonchev–Trinajstić information content (AvgIpc) is 2.89. The van der Waals surface area contributed by atoms with Crippen molar-refractivity contribution in [2.24, 2.45) is 0 Å². The topological polar surface area (TPSA) is 32.3 Å². The molecule has 2 N–H and O–H groups in total. The summed E-state index contributed by atoms with van der Waals surface area (Å²) >= 11 is 5.12. The first-order valence-electron chi connectivity index (χ1n) is 6.22. The second-order valence-electron chi connectivity index (χ2n) is 5.21. The molecule has 0 atom stereocenters. The average molecular weight is 340 g/mol. The van der Waals surface area contributed by atoms with Crippen LogP contribution in [0.5, 0.6) is 5.75 Å². The highest BCUT2D eigenvalue weighted by atomic mass is 79.9. The van der Waals surface area contributed by atoms with Crippen LogP contribution >= 0.6 is 27.3 Å². The summed E-state index contributed by atoms with van der Waals surface area (Å²) in [7, 11) is 0. The molecule has 2 rings (SSSR count). The van der Waals surface area contributed by atoms with Crippen LogP contribution in [0.3, 0.4) is 0 Å². The van der Waals surface area contributed by atoms with Crippen LogP contribution in [-0.4, -0.2) is 11.7 Å². The minimum atomic E-state index is 0.107. The molecular weight excluding hydrogens is 322 g/mol. The van der Waals surface area contributed by atoms with E-state index in [-0.39, 0.29) is 5.41 Å². The Bertz CT molecular complexity index is 537. The molecule has 0 fully saturated rings. The van der Waals surface area contributed by atoms with Gasteiger partial charge in [-0.2, -0.15) is 0 Å². The number of aromatic hydroxyl groups is 1. The fraction of sp³-hybridized carbons (Fsp3) is 0.333. The number of benzene rings is 1. The van der Waals surface area contributed by atoms with Crippen molar-refractivity contribution in [3.05, 3.63) is 50.6 Å². The van der Waals surface area contributed by atoms with Gasteiger partial charge in [-0.1, -0.05) is 32.0 Å². The summed E-state index contributed by atoms with van der Waals surface area (Å²) in [6, 6.07) is 9.97. The Kier molecular flexibility index (Phi) is 4.66. The Morgan fingerprint density at radius 1 is 1.26 bits per heavy atom. The Labute approximate surface area is 126 Å². The largest absolute Gasteiger partial charge is 0.506 e. The molecule has 0 aliphatic heterocycles. The van der Waals surface area contributed by atoms with Gasteiger partial charge in [0.05, 0.1) is 4.47 Å². The van der Waals surface area contributed by atoms with Gasteiger partial charge >= 0.3 is 0 Å². The number of hydrogen-bond acceptors (Lipinski definition) is 3. The van der Waals surface area contributed by atoms with Gasteiger partial charge in [0.25, 0.3) is 0 Å². The second-order valence-corrected chi connectivity index (χ2v) is 7.01. The van der Waals surface area contributed by atoms with E-state index < -0.39 is 0 Å². The Morgan fingerprint density at radius 2 is 2.05 bits per heavy atom. The lowest BCUT2D eigenvalue weighted by atomic mass is 9.91. The van der Waals surface area contributed by atoms with Crippen molar-refractivity contribution in [1.82, 2.24) is 5.32 Å². The molecule has 0 amide bonds. The van der Waals surface area contributed by atoms with Gasteiger partial charge < -0.3 is 10.4 Å². The maximum atomic E-state index is 9.93. The summed E-state index contributed by atoms with van der Waals surface area (Å²) in [4.78, 5) is 1.37. The smallest absolute Gasteiger partial charge is 0.134 e.